The zero-order valence-corrected chi connectivity index (χ0v) is 9.24. The van der Waals surface area contributed by atoms with Crippen LogP contribution in [0.15, 0.2) is 0 Å². The van der Waals surface area contributed by atoms with E-state index in [4.69, 9.17) is 0 Å². The Morgan fingerprint density at radius 3 is 2.50 bits per heavy atom. The molecule has 0 bridgehead atoms. The minimum Gasteiger partial charge on any atom is -0.355 e. The molecule has 0 aliphatic heterocycles. The van der Waals surface area contributed by atoms with Crippen molar-refractivity contribution in [1.29, 1.82) is 0 Å². The summed E-state index contributed by atoms with van der Waals surface area (Å²) in [7, 11) is -2.96. The number of alkyl halides is 1. The van der Waals surface area contributed by atoms with Crippen LogP contribution >= 0.6 is 15.9 Å². The predicted molar refractivity (Wildman–Crippen MR) is 51.1 cm³/mol. The Balaban J connectivity index is 3.51. The number of carbonyl (C=O) groups is 1. The van der Waals surface area contributed by atoms with Crippen molar-refractivity contribution in [3.63, 3.8) is 0 Å². The van der Waals surface area contributed by atoms with E-state index in [1.807, 2.05) is 0 Å². The Kier molecular flexibility index (Phi) is 5.48. The number of sulfone groups is 1. The van der Waals surface area contributed by atoms with Gasteiger partial charge in [-0.1, -0.05) is 15.9 Å². The molecule has 72 valence electrons. The third kappa shape index (κ3) is 8.00. The molecule has 12 heavy (non-hydrogen) atoms. The second-order valence-electron chi connectivity index (χ2n) is 2.42. The highest BCUT2D eigenvalue weighted by Gasteiger charge is 2.03. The van der Waals surface area contributed by atoms with Crippen molar-refractivity contribution in [3.8, 4) is 0 Å². The maximum absolute atomic E-state index is 10.8. The summed E-state index contributed by atoms with van der Waals surface area (Å²) in [5.41, 5.74) is 0. The Hall–Kier alpha value is -0.100. The summed E-state index contributed by atoms with van der Waals surface area (Å²) in [4.78, 5) is 10.8. The number of carbonyl (C=O) groups excluding carboxylic acids is 1. The molecule has 0 radical (unpaired) electrons. The molecule has 0 aliphatic carbocycles. The summed E-state index contributed by atoms with van der Waals surface area (Å²) in [6.45, 7) is 0.199. The minimum atomic E-state index is -2.96. The molecule has 0 spiro atoms. The van der Waals surface area contributed by atoms with Gasteiger partial charge in [0.1, 0.15) is 9.84 Å². The second kappa shape index (κ2) is 5.53. The normalized spacial score (nSPS) is 11.2. The van der Waals surface area contributed by atoms with E-state index in [0.29, 0.717) is 11.8 Å². The van der Waals surface area contributed by atoms with E-state index in [2.05, 4.69) is 21.2 Å². The number of rotatable bonds is 5. The van der Waals surface area contributed by atoms with Crippen molar-refractivity contribution >= 4 is 31.7 Å². The highest BCUT2D eigenvalue weighted by Crippen LogP contribution is 1.87. The summed E-state index contributed by atoms with van der Waals surface area (Å²) in [5, 5.41) is 3.09. The Morgan fingerprint density at radius 2 is 2.08 bits per heavy atom. The topological polar surface area (TPSA) is 63.2 Å². The fraction of sp³-hybridized carbons (Fsp3) is 0.833. The maximum Gasteiger partial charge on any atom is 0.220 e. The first-order valence-electron chi connectivity index (χ1n) is 3.46. The van der Waals surface area contributed by atoms with E-state index in [1.165, 1.54) is 0 Å². The predicted octanol–water partition coefficient (Wildman–Crippen LogP) is -0.0678. The lowest BCUT2D eigenvalue weighted by molar-refractivity contribution is -0.120. The van der Waals surface area contributed by atoms with Crippen molar-refractivity contribution in [2.24, 2.45) is 0 Å². The summed E-state index contributed by atoms with van der Waals surface area (Å²) in [6.07, 6.45) is 1.52. The van der Waals surface area contributed by atoms with Gasteiger partial charge >= 0.3 is 0 Å². The van der Waals surface area contributed by atoms with E-state index in [-0.39, 0.29) is 18.2 Å². The SMILES string of the molecule is CS(=O)(=O)CCNC(=O)CCBr. The number of amides is 1. The van der Waals surface area contributed by atoms with E-state index in [9.17, 15) is 13.2 Å². The molecule has 0 saturated carbocycles. The summed E-state index contributed by atoms with van der Waals surface area (Å²) >= 11 is 3.10. The highest BCUT2D eigenvalue weighted by atomic mass is 79.9. The van der Waals surface area contributed by atoms with E-state index in [1.54, 1.807) is 0 Å². The van der Waals surface area contributed by atoms with Gasteiger partial charge in [-0.25, -0.2) is 8.42 Å². The summed E-state index contributed by atoms with van der Waals surface area (Å²) in [6, 6.07) is 0. The lowest BCUT2D eigenvalue weighted by Gasteiger charge is -2.01. The zero-order chi connectivity index (χ0) is 9.61. The fourth-order valence-electron chi connectivity index (χ4n) is 0.550. The molecule has 0 saturated heterocycles. The van der Waals surface area contributed by atoms with Crippen LogP contribution in [-0.4, -0.2) is 38.2 Å². The van der Waals surface area contributed by atoms with Crippen LogP contribution in [-0.2, 0) is 14.6 Å². The van der Waals surface area contributed by atoms with Crippen LogP contribution < -0.4 is 5.32 Å². The number of halogens is 1. The molecule has 0 aromatic carbocycles. The largest absolute Gasteiger partial charge is 0.355 e. The van der Waals surface area contributed by atoms with Crippen LogP contribution in [0.3, 0.4) is 0 Å². The van der Waals surface area contributed by atoms with Crippen molar-refractivity contribution < 1.29 is 13.2 Å². The van der Waals surface area contributed by atoms with E-state index >= 15 is 0 Å². The molecule has 1 N–H and O–H groups in total. The third-order valence-corrected chi connectivity index (χ3v) is 2.46. The molecule has 0 heterocycles. The first-order valence-corrected chi connectivity index (χ1v) is 6.64. The molecule has 0 aliphatic rings. The maximum atomic E-state index is 10.8. The van der Waals surface area contributed by atoms with Crippen molar-refractivity contribution in [1.82, 2.24) is 5.32 Å². The molecule has 0 atom stereocenters. The molecule has 6 heteroatoms. The number of hydrogen-bond donors (Lipinski definition) is 1. The van der Waals surface area contributed by atoms with Gasteiger partial charge in [0.25, 0.3) is 0 Å². The van der Waals surface area contributed by atoms with Gasteiger partial charge in [-0.05, 0) is 0 Å². The average Bonchev–Trinajstić information content (AvgIpc) is 1.84. The van der Waals surface area contributed by atoms with Gasteiger partial charge in [-0.3, -0.25) is 4.79 Å². The zero-order valence-electron chi connectivity index (χ0n) is 6.84. The van der Waals surface area contributed by atoms with Crippen LogP contribution in [0, 0.1) is 0 Å². The Labute approximate surface area is 80.8 Å². The van der Waals surface area contributed by atoms with Gasteiger partial charge in [-0.2, -0.15) is 0 Å². The first-order chi connectivity index (χ1) is 5.45. The van der Waals surface area contributed by atoms with Gasteiger partial charge in [0.2, 0.25) is 5.91 Å². The molecule has 4 nitrogen and oxygen atoms in total. The average molecular weight is 258 g/mol. The van der Waals surface area contributed by atoms with Crippen LogP contribution in [0.4, 0.5) is 0 Å². The highest BCUT2D eigenvalue weighted by molar-refractivity contribution is 9.09. The van der Waals surface area contributed by atoms with Gasteiger partial charge in [0.05, 0.1) is 5.75 Å². The van der Waals surface area contributed by atoms with Gasteiger partial charge in [-0.15, -0.1) is 0 Å². The van der Waals surface area contributed by atoms with Crippen LogP contribution in [0.1, 0.15) is 6.42 Å². The van der Waals surface area contributed by atoms with Gasteiger partial charge in [0, 0.05) is 24.6 Å². The molecular weight excluding hydrogens is 246 g/mol. The van der Waals surface area contributed by atoms with E-state index < -0.39 is 9.84 Å². The molecule has 1 amide bonds. The standard InChI is InChI=1S/C6H12BrNO3S/c1-12(10,11)5-4-8-6(9)2-3-7/h2-5H2,1H3,(H,8,9). The van der Waals surface area contributed by atoms with Crippen molar-refractivity contribution in [3.05, 3.63) is 0 Å². The molecule has 0 aromatic rings. The minimum absolute atomic E-state index is 0.00102. The second-order valence-corrected chi connectivity index (χ2v) is 5.47. The monoisotopic (exact) mass is 257 g/mol. The van der Waals surface area contributed by atoms with Gasteiger partial charge < -0.3 is 5.32 Å². The van der Waals surface area contributed by atoms with E-state index in [0.717, 1.165) is 6.26 Å². The smallest absolute Gasteiger partial charge is 0.220 e. The molecule has 0 unspecified atom stereocenters. The third-order valence-electron chi connectivity index (χ3n) is 1.12. The molecule has 0 rings (SSSR count). The Morgan fingerprint density at radius 1 is 1.50 bits per heavy atom. The van der Waals surface area contributed by atoms with Crippen LogP contribution in [0.25, 0.3) is 0 Å². The Bertz CT molecular complexity index is 237. The first kappa shape index (κ1) is 11.9. The lowest BCUT2D eigenvalue weighted by atomic mass is 10.4. The molecular formula is C6H12BrNO3S. The lowest BCUT2D eigenvalue weighted by Crippen LogP contribution is -2.28. The van der Waals surface area contributed by atoms with Crippen LogP contribution in [0.2, 0.25) is 0 Å². The van der Waals surface area contributed by atoms with Crippen molar-refractivity contribution in [2.75, 3.05) is 23.9 Å². The van der Waals surface area contributed by atoms with Crippen molar-refractivity contribution in [2.45, 2.75) is 6.42 Å². The van der Waals surface area contributed by atoms with Gasteiger partial charge in [0.15, 0.2) is 0 Å². The molecule has 0 fully saturated rings. The quantitative estimate of drug-likeness (QED) is 0.702. The summed E-state index contributed by atoms with van der Waals surface area (Å²) in [5.74, 6) is -0.128. The molecule has 0 aromatic heterocycles. The fourth-order valence-corrected chi connectivity index (χ4v) is 1.38. The van der Waals surface area contributed by atoms with Crippen LogP contribution in [0.5, 0.6) is 0 Å². The number of hydrogen-bond acceptors (Lipinski definition) is 3. The number of nitrogens with one attached hydrogen (secondary N) is 1. The summed E-state index contributed by atoms with van der Waals surface area (Å²) < 4.78 is 21.2.